The number of imide groups is 1. The van der Waals surface area contributed by atoms with Crippen LogP contribution in [0.4, 0.5) is 4.79 Å². The van der Waals surface area contributed by atoms with Gasteiger partial charge in [-0.25, -0.2) is 4.79 Å². The molecular weight excluding hydrogens is 316 g/mol. The molecule has 0 atom stereocenters. The summed E-state index contributed by atoms with van der Waals surface area (Å²) in [5.74, 6) is -0.146. The van der Waals surface area contributed by atoms with Crippen LogP contribution >= 0.6 is 34.9 Å². The lowest BCUT2D eigenvalue weighted by Gasteiger charge is -2.11. The van der Waals surface area contributed by atoms with Crippen LogP contribution in [0.2, 0.25) is 0 Å². The van der Waals surface area contributed by atoms with E-state index in [2.05, 4.69) is 20.8 Å². The normalized spacial score (nSPS) is 15.2. The van der Waals surface area contributed by atoms with Gasteiger partial charge in [-0.2, -0.15) is 0 Å². The summed E-state index contributed by atoms with van der Waals surface area (Å²) < 4.78 is 1.60. The lowest BCUT2D eigenvalue weighted by atomic mass is 10.2. The number of hydrogen-bond donors (Lipinski definition) is 2. The Morgan fingerprint density at radius 1 is 1.30 bits per heavy atom. The van der Waals surface area contributed by atoms with Gasteiger partial charge in [0.15, 0.2) is 8.68 Å². The Morgan fingerprint density at radius 3 is 2.65 bits per heavy atom. The standard InChI is InChI=1S/C11H16N4O2S3/c1-18-10-14-15-11(20-10)19-6-8(16)13-9(17)12-7-4-2-3-5-7/h7H,2-6H2,1H3,(H2,12,13,16,17). The van der Waals surface area contributed by atoms with Crippen molar-refractivity contribution in [3.05, 3.63) is 0 Å². The molecule has 0 aromatic carbocycles. The first-order valence-electron chi connectivity index (χ1n) is 6.28. The Balaban J connectivity index is 1.67. The minimum absolute atomic E-state index is 0.168. The van der Waals surface area contributed by atoms with E-state index in [4.69, 9.17) is 0 Å². The van der Waals surface area contributed by atoms with Crippen LogP contribution in [0, 0.1) is 0 Å². The van der Waals surface area contributed by atoms with Gasteiger partial charge in [0.05, 0.1) is 5.75 Å². The molecule has 2 rings (SSSR count). The summed E-state index contributed by atoms with van der Waals surface area (Å²) in [6.07, 6.45) is 6.21. The molecule has 0 bridgehead atoms. The first-order valence-corrected chi connectivity index (χ1v) is 9.30. The molecule has 1 saturated carbocycles. The minimum Gasteiger partial charge on any atom is -0.335 e. The zero-order chi connectivity index (χ0) is 14.4. The number of nitrogens with one attached hydrogen (secondary N) is 2. The molecule has 1 heterocycles. The molecular formula is C11H16N4O2S3. The van der Waals surface area contributed by atoms with Crippen molar-refractivity contribution in [2.75, 3.05) is 12.0 Å². The van der Waals surface area contributed by atoms with E-state index in [0.717, 1.165) is 34.4 Å². The predicted molar refractivity (Wildman–Crippen MR) is 81.3 cm³/mol. The molecule has 0 saturated heterocycles. The summed E-state index contributed by atoms with van der Waals surface area (Å²) in [5, 5.41) is 13.0. The number of nitrogens with zero attached hydrogens (tertiary/aromatic N) is 2. The highest BCUT2D eigenvalue weighted by Crippen LogP contribution is 2.26. The molecule has 9 heteroatoms. The maximum Gasteiger partial charge on any atom is 0.321 e. The van der Waals surface area contributed by atoms with Crippen molar-refractivity contribution in [3.63, 3.8) is 0 Å². The third-order valence-electron chi connectivity index (χ3n) is 2.83. The van der Waals surface area contributed by atoms with Crippen molar-refractivity contribution in [2.24, 2.45) is 0 Å². The topological polar surface area (TPSA) is 84.0 Å². The monoisotopic (exact) mass is 332 g/mol. The molecule has 20 heavy (non-hydrogen) atoms. The molecule has 0 spiro atoms. The molecule has 1 aliphatic carbocycles. The number of urea groups is 1. The van der Waals surface area contributed by atoms with E-state index in [-0.39, 0.29) is 17.7 Å². The van der Waals surface area contributed by atoms with Gasteiger partial charge in [0.25, 0.3) is 0 Å². The Kier molecular flexibility index (Phi) is 6.11. The van der Waals surface area contributed by atoms with Crippen molar-refractivity contribution in [1.82, 2.24) is 20.8 Å². The zero-order valence-electron chi connectivity index (χ0n) is 11.0. The fourth-order valence-corrected chi connectivity index (χ4v) is 4.16. The van der Waals surface area contributed by atoms with Crippen LogP contribution in [0.1, 0.15) is 25.7 Å². The minimum atomic E-state index is -0.399. The molecule has 1 fully saturated rings. The van der Waals surface area contributed by atoms with Crippen LogP contribution in [-0.4, -0.2) is 40.2 Å². The second-order valence-corrected chi connectivity index (χ2v) is 7.58. The van der Waals surface area contributed by atoms with E-state index in [9.17, 15) is 9.59 Å². The van der Waals surface area contributed by atoms with Crippen molar-refractivity contribution >= 4 is 46.8 Å². The number of thioether (sulfide) groups is 2. The average Bonchev–Trinajstić information content (AvgIpc) is 3.07. The van der Waals surface area contributed by atoms with Gasteiger partial charge in [-0.1, -0.05) is 47.7 Å². The molecule has 6 nitrogen and oxygen atoms in total. The Hall–Kier alpha value is -0.800. The van der Waals surface area contributed by atoms with Gasteiger partial charge >= 0.3 is 6.03 Å². The molecule has 1 aromatic heterocycles. The second-order valence-electron chi connectivity index (χ2n) is 4.33. The third kappa shape index (κ3) is 4.95. The fraction of sp³-hybridized carbons (Fsp3) is 0.636. The highest BCUT2D eigenvalue weighted by atomic mass is 32.2. The Morgan fingerprint density at radius 2 is 2.00 bits per heavy atom. The van der Waals surface area contributed by atoms with Gasteiger partial charge in [-0.05, 0) is 19.1 Å². The van der Waals surface area contributed by atoms with Gasteiger partial charge in [0.2, 0.25) is 5.91 Å². The van der Waals surface area contributed by atoms with Gasteiger partial charge in [-0.15, -0.1) is 10.2 Å². The summed E-state index contributed by atoms with van der Waals surface area (Å²) in [6.45, 7) is 0. The van der Waals surface area contributed by atoms with E-state index >= 15 is 0 Å². The summed E-state index contributed by atoms with van der Waals surface area (Å²) in [4.78, 5) is 23.2. The number of aromatic nitrogens is 2. The van der Waals surface area contributed by atoms with Crippen LogP contribution in [0.5, 0.6) is 0 Å². The second kappa shape index (κ2) is 7.84. The van der Waals surface area contributed by atoms with E-state index in [1.54, 1.807) is 0 Å². The molecule has 1 aliphatic rings. The molecule has 3 amide bonds. The molecule has 0 radical (unpaired) electrons. The lowest BCUT2D eigenvalue weighted by molar-refractivity contribution is -0.117. The zero-order valence-corrected chi connectivity index (χ0v) is 13.5. The largest absolute Gasteiger partial charge is 0.335 e. The summed E-state index contributed by atoms with van der Waals surface area (Å²) in [7, 11) is 0. The highest BCUT2D eigenvalue weighted by Gasteiger charge is 2.18. The Labute approximate surface area is 129 Å². The third-order valence-corrected chi connectivity index (χ3v) is 5.86. The molecule has 0 unspecified atom stereocenters. The van der Waals surface area contributed by atoms with Crippen molar-refractivity contribution in [1.29, 1.82) is 0 Å². The van der Waals surface area contributed by atoms with E-state index in [0.29, 0.717) is 0 Å². The number of hydrogen-bond acceptors (Lipinski definition) is 7. The Bertz CT molecular complexity index is 474. The summed E-state index contributed by atoms with van der Waals surface area (Å²) in [5.41, 5.74) is 0. The first kappa shape index (κ1) is 15.6. The number of rotatable bonds is 5. The van der Waals surface area contributed by atoms with Gasteiger partial charge in [0.1, 0.15) is 0 Å². The van der Waals surface area contributed by atoms with Crippen LogP contribution in [-0.2, 0) is 4.79 Å². The average molecular weight is 332 g/mol. The highest BCUT2D eigenvalue weighted by molar-refractivity contribution is 8.03. The maximum atomic E-state index is 11.6. The van der Waals surface area contributed by atoms with Crippen LogP contribution in [0.15, 0.2) is 8.68 Å². The van der Waals surface area contributed by atoms with Crippen LogP contribution in [0.25, 0.3) is 0 Å². The molecule has 2 N–H and O–H groups in total. The predicted octanol–water partition coefficient (Wildman–Crippen LogP) is 2.12. The number of amides is 3. The quantitative estimate of drug-likeness (QED) is 0.804. The lowest BCUT2D eigenvalue weighted by Crippen LogP contribution is -2.44. The first-order chi connectivity index (χ1) is 9.67. The SMILES string of the molecule is CSc1nnc(SCC(=O)NC(=O)NC2CCCC2)s1. The molecule has 1 aromatic rings. The van der Waals surface area contributed by atoms with Crippen molar-refractivity contribution in [2.45, 2.75) is 40.4 Å². The smallest absolute Gasteiger partial charge is 0.321 e. The van der Waals surface area contributed by atoms with E-state index < -0.39 is 6.03 Å². The van der Waals surface area contributed by atoms with E-state index in [1.807, 2.05) is 6.26 Å². The van der Waals surface area contributed by atoms with Gasteiger partial charge in [-0.3, -0.25) is 10.1 Å². The number of carbonyl (C=O) groups is 2. The molecule has 0 aliphatic heterocycles. The van der Waals surface area contributed by atoms with Gasteiger partial charge in [0, 0.05) is 6.04 Å². The van der Waals surface area contributed by atoms with Crippen molar-refractivity contribution < 1.29 is 9.59 Å². The number of carbonyl (C=O) groups excluding carboxylic acids is 2. The van der Waals surface area contributed by atoms with Crippen LogP contribution < -0.4 is 10.6 Å². The van der Waals surface area contributed by atoms with E-state index in [1.165, 1.54) is 34.9 Å². The fourth-order valence-electron chi connectivity index (χ4n) is 1.92. The van der Waals surface area contributed by atoms with Crippen LogP contribution in [0.3, 0.4) is 0 Å². The maximum absolute atomic E-state index is 11.6. The van der Waals surface area contributed by atoms with Crippen molar-refractivity contribution in [3.8, 4) is 0 Å². The molecule has 110 valence electrons. The summed E-state index contributed by atoms with van der Waals surface area (Å²) in [6, 6.07) is -0.188. The summed E-state index contributed by atoms with van der Waals surface area (Å²) >= 11 is 4.25. The van der Waals surface area contributed by atoms with Gasteiger partial charge < -0.3 is 5.32 Å².